The Morgan fingerprint density at radius 1 is 0.490 bits per heavy atom. The fraction of sp³-hybridized carbons (Fsp3) is 0.0426. The average Bonchev–Trinajstić information content (AvgIpc) is 3.60. The highest BCUT2D eigenvalue weighted by Gasteiger charge is 2.28. The number of para-hydroxylation sites is 1. The number of nitrogens with one attached hydrogen (secondary N) is 2. The smallest absolute Gasteiger partial charge is 0.143 e. The zero-order valence-corrected chi connectivity index (χ0v) is 27.8. The van der Waals surface area contributed by atoms with Crippen LogP contribution in [0.4, 0.5) is 0 Å². The molecule has 9 aromatic rings. The number of hydrogen-bond acceptors (Lipinski definition) is 4. The van der Waals surface area contributed by atoms with E-state index in [0.717, 1.165) is 55.6 Å². The van der Waals surface area contributed by atoms with Gasteiger partial charge in [0.25, 0.3) is 0 Å². The Labute approximate surface area is 295 Å². The van der Waals surface area contributed by atoms with E-state index in [1.54, 1.807) is 0 Å². The predicted octanol–water partition coefficient (Wildman–Crippen LogP) is 11.6. The first-order valence-electron chi connectivity index (χ1n) is 17.4. The largest absolute Gasteiger partial charge is 0.455 e. The average molecular weight is 656 g/mol. The van der Waals surface area contributed by atoms with Gasteiger partial charge in [-0.25, -0.2) is 4.99 Å². The summed E-state index contributed by atoms with van der Waals surface area (Å²) in [4.78, 5) is 5.33. The maximum absolute atomic E-state index is 6.64. The summed E-state index contributed by atoms with van der Waals surface area (Å²) >= 11 is 0. The number of fused-ring (bicyclic) bond motifs is 5. The number of benzene rings is 8. The van der Waals surface area contributed by atoms with Crippen LogP contribution in [0.5, 0.6) is 0 Å². The van der Waals surface area contributed by atoms with Crippen molar-refractivity contribution in [2.45, 2.75) is 12.3 Å². The van der Waals surface area contributed by atoms with Crippen molar-refractivity contribution >= 4 is 49.3 Å². The second-order valence-corrected chi connectivity index (χ2v) is 13.2. The quantitative estimate of drug-likeness (QED) is 0.194. The molecule has 0 bridgehead atoms. The summed E-state index contributed by atoms with van der Waals surface area (Å²) in [5.74, 6) is 0.851. The Morgan fingerprint density at radius 2 is 1.16 bits per heavy atom. The Kier molecular flexibility index (Phi) is 7.00. The van der Waals surface area contributed by atoms with Crippen LogP contribution in [0.25, 0.3) is 65.7 Å². The lowest BCUT2D eigenvalue weighted by Gasteiger charge is -2.32. The summed E-state index contributed by atoms with van der Waals surface area (Å²) in [7, 11) is 0. The molecule has 2 unspecified atom stereocenters. The Morgan fingerprint density at radius 3 is 2.02 bits per heavy atom. The Hall–Kier alpha value is -6.49. The van der Waals surface area contributed by atoms with Crippen LogP contribution in [0, 0.1) is 0 Å². The van der Waals surface area contributed by atoms with Gasteiger partial charge in [-0.05, 0) is 68.1 Å². The molecule has 0 fully saturated rings. The third kappa shape index (κ3) is 5.25. The highest BCUT2D eigenvalue weighted by Crippen LogP contribution is 2.40. The van der Waals surface area contributed by atoms with Crippen molar-refractivity contribution < 1.29 is 4.42 Å². The topological polar surface area (TPSA) is 49.6 Å². The minimum Gasteiger partial charge on any atom is -0.455 e. The van der Waals surface area contributed by atoms with Gasteiger partial charge in [0.1, 0.15) is 29.3 Å². The minimum absolute atomic E-state index is 0.241. The molecule has 2 heterocycles. The summed E-state index contributed by atoms with van der Waals surface area (Å²) in [5, 5.41) is 14.6. The third-order valence-electron chi connectivity index (χ3n) is 10.1. The molecule has 8 aromatic carbocycles. The molecule has 1 aliphatic heterocycles. The second kappa shape index (κ2) is 12.1. The zero-order valence-electron chi connectivity index (χ0n) is 27.8. The molecule has 2 atom stereocenters. The standard InChI is InChI=1S/C47H33N3O/c1-3-11-30(12-4-1)34-22-23-36-29-38(26-24-35(36)27-34)46-48-45(37-25-21-31-13-7-8-16-33(31)28-37)49-47(50-46)41-19-10-20-42-43(41)40-18-9-17-39(44(40)51-42)32-14-5-2-6-15-32/h1-29,46-47,50H,(H,48,49). The van der Waals surface area contributed by atoms with E-state index >= 15 is 0 Å². The Bertz CT molecular complexity index is 2770. The molecule has 1 aromatic heterocycles. The molecular formula is C47H33N3O. The fourth-order valence-corrected chi connectivity index (χ4v) is 7.58. The first kappa shape index (κ1) is 29.4. The van der Waals surface area contributed by atoms with Gasteiger partial charge in [0.05, 0.1) is 0 Å². The first-order chi connectivity index (χ1) is 25.2. The number of rotatable bonds is 5. The van der Waals surface area contributed by atoms with Gasteiger partial charge in [0.2, 0.25) is 0 Å². The molecule has 0 radical (unpaired) electrons. The molecule has 242 valence electrons. The van der Waals surface area contributed by atoms with Crippen LogP contribution in [0.2, 0.25) is 0 Å². The van der Waals surface area contributed by atoms with Crippen LogP contribution >= 0.6 is 0 Å². The number of amidine groups is 1. The van der Waals surface area contributed by atoms with E-state index in [1.807, 2.05) is 6.07 Å². The highest BCUT2D eigenvalue weighted by atomic mass is 16.3. The SMILES string of the molecule is c1ccc(-c2ccc3cc(C4N=C(c5ccc6ccccc6c5)NC(c5cccc6oc7c(-c8ccccc8)cccc7c56)N4)ccc3c2)cc1. The second-order valence-electron chi connectivity index (χ2n) is 13.2. The van der Waals surface area contributed by atoms with Gasteiger partial charge >= 0.3 is 0 Å². The third-order valence-corrected chi connectivity index (χ3v) is 10.1. The van der Waals surface area contributed by atoms with Crippen LogP contribution in [-0.4, -0.2) is 5.84 Å². The van der Waals surface area contributed by atoms with Crippen molar-refractivity contribution in [3.05, 3.63) is 193 Å². The number of aliphatic imine (C=N–C) groups is 1. The van der Waals surface area contributed by atoms with E-state index in [-0.39, 0.29) is 12.3 Å². The van der Waals surface area contributed by atoms with Crippen LogP contribution in [0.15, 0.2) is 185 Å². The maximum atomic E-state index is 6.64. The van der Waals surface area contributed by atoms with Gasteiger partial charge in [0, 0.05) is 27.5 Å². The summed E-state index contributed by atoms with van der Waals surface area (Å²) < 4.78 is 6.64. The maximum Gasteiger partial charge on any atom is 0.143 e. The molecule has 1 aliphatic rings. The predicted molar refractivity (Wildman–Crippen MR) is 211 cm³/mol. The summed E-state index contributed by atoms with van der Waals surface area (Å²) in [5.41, 5.74) is 9.67. The van der Waals surface area contributed by atoms with Crippen LogP contribution < -0.4 is 10.6 Å². The molecular weight excluding hydrogens is 623 g/mol. The van der Waals surface area contributed by atoms with Crippen molar-refractivity contribution in [2.24, 2.45) is 4.99 Å². The fourth-order valence-electron chi connectivity index (χ4n) is 7.58. The van der Waals surface area contributed by atoms with Gasteiger partial charge in [-0.3, -0.25) is 5.32 Å². The number of furan rings is 1. The van der Waals surface area contributed by atoms with Crippen molar-refractivity contribution in [3.63, 3.8) is 0 Å². The molecule has 0 saturated carbocycles. The van der Waals surface area contributed by atoms with Gasteiger partial charge in [-0.1, -0.05) is 152 Å². The lowest BCUT2D eigenvalue weighted by atomic mass is 9.97. The van der Waals surface area contributed by atoms with E-state index in [0.29, 0.717) is 0 Å². The van der Waals surface area contributed by atoms with E-state index in [2.05, 4.69) is 180 Å². The van der Waals surface area contributed by atoms with Crippen molar-refractivity contribution in [3.8, 4) is 22.3 Å². The van der Waals surface area contributed by atoms with Gasteiger partial charge < -0.3 is 9.73 Å². The Balaban J connectivity index is 1.10. The van der Waals surface area contributed by atoms with E-state index < -0.39 is 0 Å². The van der Waals surface area contributed by atoms with E-state index in [9.17, 15) is 0 Å². The molecule has 0 saturated heterocycles. The van der Waals surface area contributed by atoms with Gasteiger partial charge in [-0.15, -0.1) is 0 Å². The molecule has 10 rings (SSSR count). The summed E-state index contributed by atoms with van der Waals surface area (Å²) in [6.07, 6.45) is -0.528. The minimum atomic E-state index is -0.288. The van der Waals surface area contributed by atoms with Crippen molar-refractivity contribution in [1.82, 2.24) is 10.6 Å². The van der Waals surface area contributed by atoms with Crippen LogP contribution in [0.3, 0.4) is 0 Å². The molecule has 0 aliphatic carbocycles. The van der Waals surface area contributed by atoms with E-state index in [4.69, 9.17) is 9.41 Å². The van der Waals surface area contributed by atoms with Crippen molar-refractivity contribution in [2.75, 3.05) is 0 Å². The normalized spacial score (nSPS) is 16.0. The molecule has 51 heavy (non-hydrogen) atoms. The molecule has 0 amide bonds. The van der Waals surface area contributed by atoms with Gasteiger partial charge in [-0.2, -0.15) is 0 Å². The monoisotopic (exact) mass is 655 g/mol. The summed E-state index contributed by atoms with van der Waals surface area (Å²) in [6.45, 7) is 0. The molecule has 0 spiro atoms. The zero-order chi connectivity index (χ0) is 33.7. The molecule has 2 N–H and O–H groups in total. The lowest BCUT2D eigenvalue weighted by molar-refractivity contribution is 0.411. The van der Waals surface area contributed by atoms with Gasteiger partial charge in [0.15, 0.2) is 0 Å². The molecule has 4 nitrogen and oxygen atoms in total. The highest BCUT2D eigenvalue weighted by molar-refractivity contribution is 6.11. The van der Waals surface area contributed by atoms with E-state index in [1.165, 1.54) is 32.7 Å². The number of hydrogen-bond donors (Lipinski definition) is 2. The first-order valence-corrected chi connectivity index (χ1v) is 17.4. The van der Waals surface area contributed by atoms with Crippen LogP contribution in [-0.2, 0) is 0 Å². The summed E-state index contributed by atoms with van der Waals surface area (Å²) in [6, 6.07) is 62.2. The lowest BCUT2D eigenvalue weighted by Crippen LogP contribution is -2.45. The van der Waals surface area contributed by atoms with Crippen molar-refractivity contribution in [1.29, 1.82) is 0 Å². The number of nitrogens with zero attached hydrogens (tertiary/aromatic N) is 1. The van der Waals surface area contributed by atoms with Crippen LogP contribution in [0.1, 0.15) is 29.0 Å². The molecule has 4 heteroatoms.